The second kappa shape index (κ2) is 6.81. The number of carbonyl (C=O) groups is 1. The molecular formula is C20H17BrFN3O2. The molecule has 0 bridgehead atoms. The molecule has 27 heavy (non-hydrogen) atoms. The molecule has 1 aliphatic heterocycles. The van der Waals surface area contributed by atoms with E-state index < -0.39 is 17.8 Å². The van der Waals surface area contributed by atoms with Crippen LogP contribution in [0.2, 0.25) is 0 Å². The molecule has 1 aliphatic rings. The van der Waals surface area contributed by atoms with E-state index >= 15 is 0 Å². The number of fused-ring (bicyclic) bond motifs is 3. The van der Waals surface area contributed by atoms with Crippen LogP contribution in [0.1, 0.15) is 25.5 Å². The molecule has 0 saturated carbocycles. The highest BCUT2D eigenvalue weighted by atomic mass is 79.9. The summed E-state index contributed by atoms with van der Waals surface area (Å²) in [4.78, 5) is 17.4. The summed E-state index contributed by atoms with van der Waals surface area (Å²) in [6.07, 6.45) is 0. The molecule has 4 rings (SSSR count). The second-order valence-corrected chi connectivity index (χ2v) is 7.16. The third-order valence-electron chi connectivity index (χ3n) is 4.58. The molecule has 1 N–H and O–H groups in total. The number of nitrogens with zero attached hydrogens (tertiary/aromatic N) is 2. The van der Waals surface area contributed by atoms with Crippen LogP contribution >= 0.6 is 15.9 Å². The van der Waals surface area contributed by atoms with Crippen molar-refractivity contribution in [1.29, 1.82) is 0 Å². The van der Waals surface area contributed by atoms with E-state index in [9.17, 15) is 9.18 Å². The Morgan fingerprint density at radius 1 is 1.33 bits per heavy atom. The normalized spacial score (nSPS) is 16.2. The molecule has 2 heterocycles. The standard InChI is InChI=1S/C20H17BrFN3O2/c1-3-27-19(26)17-11(2)23-20-24-15-6-4-5-7-16(15)25(20)18(17)13-10-12(21)8-9-14(13)22/h4-10,18H,3H2,1-2H3,(H,23,24). The number of aromatic nitrogens is 2. The summed E-state index contributed by atoms with van der Waals surface area (Å²) in [6, 6.07) is 11.6. The number of carbonyl (C=O) groups excluding carboxylic acids is 1. The van der Waals surface area contributed by atoms with Gasteiger partial charge in [0.25, 0.3) is 0 Å². The van der Waals surface area contributed by atoms with E-state index in [1.54, 1.807) is 26.0 Å². The van der Waals surface area contributed by atoms with Crippen LogP contribution in [0.4, 0.5) is 10.3 Å². The lowest BCUT2D eigenvalue weighted by atomic mass is 9.94. The molecule has 0 aliphatic carbocycles. The van der Waals surface area contributed by atoms with E-state index in [4.69, 9.17) is 4.74 Å². The van der Waals surface area contributed by atoms with Crippen molar-refractivity contribution in [2.75, 3.05) is 11.9 Å². The molecule has 138 valence electrons. The largest absolute Gasteiger partial charge is 0.463 e. The van der Waals surface area contributed by atoms with Crippen LogP contribution in [0.25, 0.3) is 11.0 Å². The SMILES string of the molecule is CCOC(=O)C1=C(C)Nc2nc3ccccc3n2C1c1cc(Br)ccc1F. The predicted octanol–water partition coefficient (Wildman–Crippen LogP) is 4.79. The summed E-state index contributed by atoms with van der Waals surface area (Å²) in [5, 5.41) is 3.17. The van der Waals surface area contributed by atoms with Crippen LogP contribution in [-0.4, -0.2) is 22.1 Å². The van der Waals surface area contributed by atoms with E-state index in [1.165, 1.54) is 6.07 Å². The van der Waals surface area contributed by atoms with Crippen molar-refractivity contribution >= 4 is 38.9 Å². The van der Waals surface area contributed by atoms with E-state index in [0.717, 1.165) is 15.5 Å². The highest BCUT2D eigenvalue weighted by Crippen LogP contribution is 2.40. The molecule has 3 aromatic rings. The zero-order valence-corrected chi connectivity index (χ0v) is 16.4. The van der Waals surface area contributed by atoms with Gasteiger partial charge < -0.3 is 10.1 Å². The third kappa shape index (κ3) is 2.92. The van der Waals surface area contributed by atoms with Gasteiger partial charge in [-0.05, 0) is 44.2 Å². The monoisotopic (exact) mass is 429 g/mol. The van der Waals surface area contributed by atoms with Gasteiger partial charge >= 0.3 is 5.97 Å². The summed E-state index contributed by atoms with van der Waals surface area (Å²) in [5.74, 6) is -0.315. The molecule has 0 spiro atoms. The van der Waals surface area contributed by atoms with Crippen molar-refractivity contribution < 1.29 is 13.9 Å². The number of para-hydroxylation sites is 2. The zero-order valence-electron chi connectivity index (χ0n) is 14.8. The van der Waals surface area contributed by atoms with E-state index in [1.807, 2.05) is 28.8 Å². The van der Waals surface area contributed by atoms with Crippen molar-refractivity contribution in [1.82, 2.24) is 9.55 Å². The highest BCUT2D eigenvalue weighted by Gasteiger charge is 2.36. The Labute approximate surface area is 164 Å². The first-order chi connectivity index (χ1) is 13.0. The van der Waals surface area contributed by atoms with Gasteiger partial charge in [-0.2, -0.15) is 0 Å². The number of esters is 1. The number of hydrogen-bond acceptors (Lipinski definition) is 4. The average Bonchev–Trinajstić information content (AvgIpc) is 3.00. The van der Waals surface area contributed by atoms with Crippen LogP contribution in [0.15, 0.2) is 58.2 Å². The Balaban J connectivity index is 2.03. The fraction of sp³-hybridized carbons (Fsp3) is 0.200. The Morgan fingerprint density at radius 2 is 2.11 bits per heavy atom. The van der Waals surface area contributed by atoms with Gasteiger partial charge in [-0.3, -0.25) is 4.57 Å². The highest BCUT2D eigenvalue weighted by molar-refractivity contribution is 9.10. The van der Waals surface area contributed by atoms with Gasteiger partial charge in [0, 0.05) is 15.7 Å². The van der Waals surface area contributed by atoms with Gasteiger partial charge in [0.15, 0.2) is 0 Å². The first kappa shape index (κ1) is 17.7. The maximum absolute atomic E-state index is 14.9. The smallest absolute Gasteiger partial charge is 0.338 e. The minimum absolute atomic E-state index is 0.237. The van der Waals surface area contributed by atoms with Crippen molar-refractivity contribution in [2.24, 2.45) is 0 Å². The van der Waals surface area contributed by atoms with Crippen LogP contribution in [0.3, 0.4) is 0 Å². The topological polar surface area (TPSA) is 56.1 Å². The Bertz CT molecular complexity index is 1090. The number of allylic oxidation sites excluding steroid dienone is 1. The average molecular weight is 430 g/mol. The number of nitrogens with one attached hydrogen (secondary N) is 1. The molecular weight excluding hydrogens is 413 g/mol. The first-order valence-corrected chi connectivity index (χ1v) is 9.37. The van der Waals surface area contributed by atoms with Gasteiger partial charge in [-0.25, -0.2) is 14.2 Å². The maximum Gasteiger partial charge on any atom is 0.338 e. The Kier molecular flexibility index (Phi) is 4.47. The number of imidazole rings is 1. The number of ether oxygens (including phenoxy) is 1. The molecule has 0 saturated heterocycles. The molecule has 1 atom stereocenters. The summed E-state index contributed by atoms with van der Waals surface area (Å²) in [7, 11) is 0. The number of hydrogen-bond donors (Lipinski definition) is 1. The summed E-state index contributed by atoms with van der Waals surface area (Å²) >= 11 is 3.41. The van der Waals surface area contributed by atoms with Gasteiger partial charge in [-0.1, -0.05) is 28.1 Å². The molecule has 1 unspecified atom stereocenters. The predicted molar refractivity (Wildman–Crippen MR) is 105 cm³/mol. The minimum Gasteiger partial charge on any atom is -0.463 e. The van der Waals surface area contributed by atoms with Crippen LogP contribution < -0.4 is 5.32 Å². The zero-order chi connectivity index (χ0) is 19.1. The molecule has 0 fully saturated rings. The minimum atomic E-state index is -0.690. The van der Waals surface area contributed by atoms with Crippen molar-refractivity contribution in [3.63, 3.8) is 0 Å². The lowest BCUT2D eigenvalue weighted by Crippen LogP contribution is -2.29. The number of rotatable bonds is 3. The molecule has 5 nitrogen and oxygen atoms in total. The molecule has 7 heteroatoms. The fourth-order valence-corrected chi connectivity index (χ4v) is 3.83. The molecule has 2 aromatic carbocycles. The second-order valence-electron chi connectivity index (χ2n) is 6.25. The van der Waals surface area contributed by atoms with Gasteiger partial charge in [0.1, 0.15) is 5.82 Å². The maximum atomic E-state index is 14.9. The molecule has 1 aromatic heterocycles. The quantitative estimate of drug-likeness (QED) is 0.608. The summed E-state index contributed by atoms with van der Waals surface area (Å²) in [6.45, 7) is 3.76. The van der Waals surface area contributed by atoms with E-state index in [-0.39, 0.29) is 6.61 Å². The summed E-state index contributed by atoms with van der Waals surface area (Å²) < 4.78 is 22.7. The van der Waals surface area contributed by atoms with Gasteiger partial charge in [0.05, 0.1) is 29.3 Å². The van der Waals surface area contributed by atoms with Crippen molar-refractivity contribution in [2.45, 2.75) is 19.9 Å². The van der Waals surface area contributed by atoms with E-state index in [2.05, 4.69) is 26.2 Å². The van der Waals surface area contributed by atoms with Gasteiger partial charge in [0.2, 0.25) is 5.95 Å². The van der Waals surface area contributed by atoms with Crippen LogP contribution in [0, 0.1) is 5.82 Å². The summed E-state index contributed by atoms with van der Waals surface area (Å²) in [5.41, 5.74) is 2.90. The number of anilines is 1. The third-order valence-corrected chi connectivity index (χ3v) is 5.07. The lowest BCUT2D eigenvalue weighted by Gasteiger charge is -2.30. The Morgan fingerprint density at radius 3 is 2.89 bits per heavy atom. The van der Waals surface area contributed by atoms with Crippen molar-refractivity contribution in [3.05, 3.63) is 69.6 Å². The number of halogens is 2. The Hall–Kier alpha value is -2.67. The van der Waals surface area contributed by atoms with Crippen LogP contribution in [0.5, 0.6) is 0 Å². The molecule has 0 amide bonds. The van der Waals surface area contributed by atoms with Gasteiger partial charge in [-0.15, -0.1) is 0 Å². The lowest BCUT2D eigenvalue weighted by molar-refractivity contribution is -0.139. The van der Waals surface area contributed by atoms with Crippen molar-refractivity contribution in [3.8, 4) is 0 Å². The fourth-order valence-electron chi connectivity index (χ4n) is 3.46. The van der Waals surface area contributed by atoms with Crippen LogP contribution in [-0.2, 0) is 9.53 Å². The first-order valence-electron chi connectivity index (χ1n) is 8.58. The van der Waals surface area contributed by atoms with E-state index in [0.29, 0.717) is 22.8 Å². The molecule has 0 radical (unpaired) electrons. The number of benzene rings is 2.